The van der Waals surface area contributed by atoms with E-state index in [9.17, 15) is 4.79 Å². The topological polar surface area (TPSA) is 55.6 Å². The summed E-state index contributed by atoms with van der Waals surface area (Å²) in [6.45, 7) is 1.67. The average molecular weight is 389 g/mol. The maximum absolute atomic E-state index is 12.5. The van der Waals surface area contributed by atoms with Crippen molar-refractivity contribution >= 4 is 18.3 Å². The van der Waals surface area contributed by atoms with E-state index in [0.29, 0.717) is 12.3 Å². The minimum Gasteiger partial charge on any atom is -0.497 e. The number of nitrogens with zero attached hydrogens (tertiary/aromatic N) is 1. The summed E-state index contributed by atoms with van der Waals surface area (Å²) in [7, 11) is 1.69. The van der Waals surface area contributed by atoms with Gasteiger partial charge >= 0.3 is 0 Å². The second kappa shape index (κ2) is 10.3. The Morgan fingerprint density at radius 1 is 1.11 bits per heavy atom. The number of nitrogens with two attached hydrogens (primary N) is 1. The fourth-order valence-electron chi connectivity index (χ4n) is 3.62. The first kappa shape index (κ1) is 21.3. The van der Waals surface area contributed by atoms with Gasteiger partial charge in [0.25, 0.3) is 0 Å². The largest absolute Gasteiger partial charge is 0.497 e. The van der Waals surface area contributed by atoms with Crippen LogP contribution in [0.4, 0.5) is 0 Å². The van der Waals surface area contributed by atoms with Gasteiger partial charge in [-0.3, -0.25) is 4.79 Å². The summed E-state index contributed by atoms with van der Waals surface area (Å²) in [4.78, 5) is 14.5. The van der Waals surface area contributed by atoms with E-state index < -0.39 is 0 Å². The minimum absolute atomic E-state index is 0. The van der Waals surface area contributed by atoms with Crippen LogP contribution in [0.5, 0.6) is 5.75 Å². The summed E-state index contributed by atoms with van der Waals surface area (Å²) in [6, 6.07) is 17.9. The Labute approximate surface area is 168 Å². The molecule has 2 aromatic carbocycles. The van der Waals surface area contributed by atoms with Gasteiger partial charge in [0.2, 0.25) is 5.91 Å². The fraction of sp³-hybridized carbons (Fsp3) is 0.409. The molecule has 146 valence electrons. The van der Waals surface area contributed by atoms with E-state index in [-0.39, 0.29) is 24.4 Å². The Morgan fingerprint density at radius 2 is 1.74 bits per heavy atom. The Morgan fingerprint density at radius 3 is 2.33 bits per heavy atom. The normalized spacial score (nSPS) is 15.7. The summed E-state index contributed by atoms with van der Waals surface area (Å²) >= 11 is 0. The summed E-state index contributed by atoms with van der Waals surface area (Å²) in [5.41, 5.74) is 8.56. The van der Waals surface area contributed by atoms with E-state index >= 15 is 0 Å². The van der Waals surface area contributed by atoms with E-state index in [1.165, 1.54) is 5.56 Å². The zero-order valence-electron chi connectivity index (χ0n) is 15.8. The number of carbonyl (C=O) groups is 1. The summed E-state index contributed by atoms with van der Waals surface area (Å²) < 4.78 is 5.21. The summed E-state index contributed by atoms with van der Waals surface area (Å²) in [5.74, 6) is 1.70. The molecule has 2 N–H and O–H groups in total. The molecule has 1 unspecified atom stereocenters. The number of likely N-dealkylation sites (tertiary alicyclic amines) is 1. The van der Waals surface area contributed by atoms with Crippen LogP contribution in [0.15, 0.2) is 54.6 Å². The van der Waals surface area contributed by atoms with Crippen LogP contribution in [0, 0.1) is 5.92 Å². The highest BCUT2D eigenvalue weighted by Gasteiger charge is 2.24. The number of rotatable bonds is 6. The molecule has 5 heteroatoms. The molecular formula is C22H29ClN2O2. The molecule has 1 saturated heterocycles. The second-order valence-corrected chi connectivity index (χ2v) is 7.10. The third kappa shape index (κ3) is 5.98. The molecule has 3 rings (SSSR count). The molecule has 0 bridgehead atoms. The zero-order chi connectivity index (χ0) is 18.4. The summed E-state index contributed by atoms with van der Waals surface area (Å²) in [5, 5.41) is 0. The quantitative estimate of drug-likeness (QED) is 0.814. The molecule has 1 heterocycles. The van der Waals surface area contributed by atoms with Crippen LogP contribution in [0.1, 0.15) is 36.4 Å². The SMILES string of the molecule is COc1ccc(CC2CCN(C(=O)CC(N)c3ccccc3)CC2)cc1.Cl. The monoisotopic (exact) mass is 388 g/mol. The molecule has 4 nitrogen and oxygen atoms in total. The van der Waals surface area contributed by atoms with E-state index in [2.05, 4.69) is 12.1 Å². The lowest BCUT2D eigenvalue weighted by Gasteiger charge is -2.32. The van der Waals surface area contributed by atoms with Crippen molar-refractivity contribution < 1.29 is 9.53 Å². The van der Waals surface area contributed by atoms with Gasteiger partial charge in [-0.1, -0.05) is 42.5 Å². The van der Waals surface area contributed by atoms with Gasteiger partial charge in [-0.05, 0) is 48.4 Å². The van der Waals surface area contributed by atoms with Gasteiger partial charge < -0.3 is 15.4 Å². The van der Waals surface area contributed by atoms with Crippen molar-refractivity contribution in [2.45, 2.75) is 31.7 Å². The number of carbonyl (C=O) groups excluding carboxylic acids is 1. The molecule has 1 fully saturated rings. The molecule has 1 aliphatic rings. The average Bonchev–Trinajstić information content (AvgIpc) is 2.69. The van der Waals surface area contributed by atoms with E-state index in [0.717, 1.165) is 43.7 Å². The van der Waals surface area contributed by atoms with Crippen molar-refractivity contribution in [3.63, 3.8) is 0 Å². The van der Waals surface area contributed by atoms with Crippen molar-refractivity contribution in [3.05, 3.63) is 65.7 Å². The van der Waals surface area contributed by atoms with Crippen molar-refractivity contribution in [2.75, 3.05) is 20.2 Å². The fourth-order valence-corrected chi connectivity index (χ4v) is 3.62. The van der Waals surface area contributed by atoms with Crippen LogP contribution in [0.2, 0.25) is 0 Å². The Kier molecular flexibility index (Phi) is 8.14. The highest BCUT2D eigenvalue weighted by Crippen LogP contribution is 2.24. The van der Waals surface area contributed by atoms with E-state index in [1.54, 1.807) is 7.11 Å². The molecule has 1 aliphatic heterocycles. The van der Waals surface area contributed by atoms with Gasteiger partial charge in [0, 0.05) is 25.6 Å². The molecule has 0 spiro atoms. The second-order valence-electron chi connectivity index (χ2n) is 7.10. The van der Waals surface area contributed by atoms with Crippen LogP contribution >= 0.6 is 12.4 Å². The molecule has 0 aliphatic carbocycles. The number of halogens is 1. The molecular weight excluding hydrogens is 360 g/mol. The summed E-state index contributed by atoms with van der Waals surface area (Å²) in [6.07, 6.45) is 3.55. The Hall–Kier alpha value is -2.04. The molecule has 0 saturated carbocycles. The number of benzene rings is 2. The first-order chi connectivity index (χ1) is 12.7. The number of hydrogen-bond donors (Lipinski definition) is 1. The third-order valence-corrected chi connectivity index (χ3v) is 5.27. The van der Waals surface area contributed by atoms with E-state index in [1.807, 2.05) is 47.4 Å². The number of piperidine rings is 1. The Balaban J connectivity index is 0.00000261. The number of hydrogen-bond acceptors (Lipinski definition) is 3. The van der Waals surface area contributed by atoms with Gasteiger partial charge in [0.1, 0.15) is 5.75 Å². The molecule has 27 heavy (non-hydrogen) atoms. The molecule has 0 radical (unpaired) electrons. The van der Waals surface area contributed by atoms with Crippen LogP contribution in [0.3, 0.4) is 0 Å². The van der Waals surface area contributed by atoms with Gasteiger partial charge in [-0.15, -0.1) is 12.4 Å². The first-order valence-electron chi connectivity index (χ1n) is 9.37. The van der Waals surface area contributed by atoms with Gasteiger partial charge in [-0.25, -0.2) is 0 Å². The molecule has 1 amide bonds. The smallest absolute Gasteiger partial charge is 0.224 e. The molecule has 0 aromatic heterocycles. The lowest BCUT2D eigenvalue weighted by molar-refractivity contribution is -0.133. The van der Waals surface area contributed by atoms with Crippen molar-refractivity contribution in [1.29, 1.82) is 0 Å². The van der Waals surface area contributed by atoms with E-state index in [4.69, 9.17) is 10.5 Å². The van der Waals surface area contributed by atoms with Gasteiger partial charge in [0.15, 0.2) is 0 Å². The van der Waals surface area contributed by atoms with Crippen LogP contribution in [0.25, 0.3) is 0 Å². The zero-order valence-corrected chi connectivity index (χ0v) is 16.7. The van der Waals surface area contributed by atoms with Gasteiger partial charge in [0.05, 0.1) is 7.11 Å². The number of methoxy groups -OCH3 is 1. The molecule has 1 atom stereocenters. The van der Waals surface area contributed by atoms with Gasteiger partial charge in [-0.2, -0.15) is 0 Å². The maximum Gasteiger partial charge on any atom is 0.224 e. The van der Waals surface area contributed by atoms with Crippen molar-refractivity contribution in [1.82, 2.24) is 4.90 Å². The standard InChI is InChI=1S/C22H28N2O2.ClH/c1-26-20-9-7-17(8-10-20)15-18-11-13-24(14-12-18)22(25)16-21(23)19-5-3-2-4-6-19;/h2-10,18,21H,11-16,23H2,1H3;1H. The minimum atomic E-state index is -0.222. The lowest BCUT2D eigenvalue weighted by atomic mass is 9.90. The predicted molar refractivity (Wildman–Crippen MR) is 111 cm³/mol. The lowest BCUT2D eigenvalue weighted by Crippen LogP contribution is -2.40. The maximum atomic E-state index is 12.5. The highest BCUT2D eigenvalue weighted by atomic mass is 35.5. The first-order valence-corrected chi connectivity index (χ1v) is 9.37. The van der Waals surface area contributed by atoms with Crippen LogP contribution in [-0.2, 0) is 11.2 Å². The number of amides is 1. The Bertz CT molecular complexity index is 698. The number of ether oxygens (including phenoxy) is 1. The molecule has 2 aromatic rings. The van der Waals surface area contributed by atoms with Crippen LogP contribution < -0.4 is 10.5 Å². The van der Waals surface area contributed by atoms with Crippen molar-refractivity contribution in [3.8, 4) is 5.75 Å². The highest BCUT2D eigenvalue weighted by molar-refractivity contribution is 5.85. The predicted octanol–water partition coefficient (Wildman–Crippen LogP) is 3.99. The van der Waals surface area contributed by atoms with Crippen molar-refractivity contribution in [2.24, 2.45) is 11.7 Å². The third-order valence-electron chi connectivity index (χ3n) is 5.27. The van der Waals surface area contributed by atoms with Crippen LogP contribution in [-0.4, -0.2) is 31.0 Å².